The highest BCUT2D eigenvalue weighted by molar-refractivity contribution is 9.10. The topological polar surface area (TPSA) is 64.3 Å². The highest BCUT2D eigenvalue weighted by Gasteiger charge is 2.07. The van der Waals surface area contributed by atoms with E-state index in [-0.39, 0.29) is 24.8 Å². The number of carbonyl (C=O) groups excluding carboxylic acids is 1. The van der Waals surface area contributed by atoms with Crippen LogP contribution in [-0.2, 0) is 11.3 Å². The molecule has 0 unspecified atom stereocenters. The Kier molecular flexibility index (Phi) is 5.30. The van der Waals surface area contributed by atoms with Gasteiger partial charge in [-0.05, 0) is 45.8 Å². The van der Waals surface area contributed by atoms with E-state index in [0.717, 1.165) is 4.47 Å². The molecule has 2 aromatic carbocycles. The van der Waals surface area contributed by atoms with Crippen LogP contribution >= 0.6 is 15.9 Å². The molecule has 0 spiro atoms. The molecule has 1 amide bonds. The van der Waals surface area contributed by atoms with Crippen LogP contribution in [0.1, 0.15) is 5.56 Å². The molecule has 0 atom stereocenters. The minimum Gasteiger partial charge on any atom is -0.484 e. The van der Waals surface area contributed by atoms with Gasteiger partial charge in [-0.2, -0.15) is 0 Å². The van der Waals surface area contributed by atoms with Crippen molar-refractivity contribution in [2.75, 3.05) is 11.9 Å². The van der Waals surface area contributed by atoms with Crippen LogP contribution in [0.3, 0.4) is 0 Å². The van der Waals surface area contributed by atoms with Crippen LogP contribution in [0.25, 0.3) is 0 Å². The van der Waals surface area contributed by atoms with Crippen LogP contribution in [-0.4, -0.2) is 12.5 Å². The Morgan fingerprint density at radius 1 is 1.29 bits per heavy atom. The van der Waals surface area contributed by atoms with Gasteiger partial charge in [0, 0.05) is 17.1 Å². The van der Waals surface area contributed by atoms with E-state index in [9.17, 15) is 9.18 Å². The standard InChI is InChI=1S/C15H14BrFN2O2/c16-13-3-1-2-4-14(13)19-15(20)9-21-12-6-10(8-18)5-11(17)7-12/h1-7H,8-9,18H2,(H,19,20). The third-order valence-electron chi connectivity index (χ3n) is 2.68. The van der Waals surface area contributed by atoms with E-state index in [1.54, 1.807) is 18.2 Å². The molecule has 6 heteroatoms. The van der Waals surface area contributed by atoms with Gasteiger partial charge in [0.05, 0.1) is 5.69 Å². The number of ether oxygens (including phenoxy) is 1. The highest BCUT2D eigenvalue weighted by Crippen LogP contribution is 2.21. The molecule has 2 rings (SSSR count). The summed E-state index contributed by atoms with van der Waals surface area (Å²) in [6, 6.07) is 11.4. The van der Waals surface area contributed by atoms with Gasteiger partial charge in [-0.15, -0.1) is 0 Å². The molecular formula is C15H14BrFN2O2. The van der Waals surface area contributed by atoms with Gasteiger partial charge in [0.25, 0.3) is 5.91 Å². The summed E-state index contributed by atoms with van der Waals surface area (Å²) in [5, 5.41) is 2.69. The molecule has 0 aromatic heterocycles. The average molecular weight is 353 g/mol. The Hall–Kier alpha value is -1.92. The van der Waals surface area contributed by atoms with E-state index >= 15 is 0 Å². The molecule has 0 aliphatic carbocycles. The summed E-state index contributed by atoms with van der Waals surface area (Å²) < 4.78 is 19.3. The van der Waals surface area contributed by atoms with Crippen molar-refractivity contribution >= 4 is 27.5 Å². The maximum Gasteiger partial charge on any atom is 0.262 e. The highest BCUT2D eigenvalue weighted by atomic mass is 79.9. The summed E-state index contributed by atoms with van der Waals surface area (Å²) in [4.78, 5) is 11.8. The van der Waals surface area contributed by atoms with E-state index in [1.807, 2.05) is 12.1 Å². The van der Waals surface area contributed by atoms with E-state index in [2.05, 4.69) is 21.2 Å². The molecule has 21 heavy (non-hydrogen) atoms. The van der Waals surface area contributed by atoms with E-state index in [1.165, 1.54) is 12.1 Å². The van der Waals surface area contributed by atoms with Crippen molar-refractivity contribution < 1.29 is 13.9 Å². The molecule has 2 aromatic rings. The van der Waals surface area contributed by atoms with E-state index < -0.39 is 5.82 Å². The SMILES string of the molecule is NCc1cc(F)cc(OCC(=O)Nc2ccccc2Br)c1. The van der Waals surface area contributed by atoms with Gasteiger partial charge in [0.15, 0.2) is 6.61 Å². The van der Waals surface area contributed by atoms with Crippen LogP contribution in [0.4, 0.5) is 10.1 Å². The number of nitrogens with one attached hydrogen (secondary N) is 1. The van der Waals surface area contributed by atoms with E-state index in [4.69, 9.17) is 10.5 Å². The first kappa shape index (κ1) is 15.5. The monoisotopic (exact) mass is 352 g/mol. The number of anilines is 1. The molecule has 0 saturated heterocycles. The second kappa shape index (κ2) is 7.19. The third kappa shape index (κ3) is 4.54. The lowest BCUT2D eigenvalue weighted by molar-refractivity contribution is -0.118. The second-order valence-corrected chi connectivity index (χ2v) is 5.17. The Labute approximate surface area is 130 Å². The van der Waals surface area contributed by atoms with Crippen molar-refractivity contribution in [1.82, 2.24) is 0 Å². The molecule has 0 aliphatic rings. The van der Waals surface area contributed by atoms with Crippen molar-refractivity contribution in [2.45, 2.75) is 6.54 Å². The first-order chi connectivity index (χ1) is 10.1. The largest absolute Gasteiger partial charge is 0.484 e. The number of carbonyl (C=O) groups is 1. The first-order valence-corrected chi connectivity index (χ1v) is 7.04. The smallest absolute Gasteiger partial charge is 0.262 e. The maximum atomic E-state index is 13.3. The summed E-state index contributed by atoms with van der Waals surface area (Å²) in [6.45, 7) is -0.00786. The number of benzene rings is 2. The Balaban J connectivity index is 1.95. The number of halogens is 2. The predicted molar refractivity (Wildman–Crippen MR) is 82.6 cm³/mol. The molecular weight excluding hydrogens is 339 g/mol. The normalized spacial score (nSPS) is 10.2. The van der Waals surface area contributed by atoms with Gasteiger partial charge in [0.2, 0.25) is 0 Å². The minimum absolute atomic E-state index is 0.206. The fraction of sp³-hybridized carbons (Fsp3) is 0.133. The summed E-state index contributed by atoms with van der Waals surface area (Å²) in [5.41, 5.74) is 6.71. The number of hydrogen-bond donors (Lipinski definition) is 2. The lowest BCUT2D eigenvalue weighted by Crippen LogP contribution is -2.20. The van der Waals surface area contributed by atoms with Crippen molar-refractivity contribution in [1.29, 1.82) is 0 Å². The lowest BCUT2D eigenvalue weighted by atomic mass is 10.2. The third-order valence-corrected chi connectivity index (χ3v) is 3.38. The zero-order chi connectivity index (χ0) is 15.2. The van der Waals surface area contributed by atoms with Gasteiger partial charge in [-0.3, -0.25) is 4.79 Å². The molecule has 3 N–H and O–H groups in total. The van der Waals surface area contributed by atoms with Crippen molar-refractivity contribution in [2.24, 2.45) is 5.73 Å². The zero-order valence-electron chi connectivity index (χ0n) is 11.1. The van der Waals surface area contributed by atoms with Crippen LogP contribution in [0.2, 0.25) is 0 Å². The lowest BCUT2D eigenvalue weighted by Gasteiger charge is -2.09. The van der Waals surface area contributed by atoms with Gasteiger partial charge in [0.1, 0.15) is 11.6 Å². The van der Waals surface area contributed by atoms with Gasteiger partial charge in [-0.1, -0.05) is 12.1 Å². The van der Waals surface area contributed by atoms with Crippen molar-refractivity contribution in [3.05, 3.63) is 58.3 Å². The summed E-state index contributed by atoms with van der Waals surface area (Å²) in [5.74, 6) is -0.502. The molecule has 0 fully saturated rings. The Morgan fingerprint density at radius 2 is 2.05 bits per heavy atom. The minimum atomic E-state index is -0.445. The summed E-state index contributed by atoms with van der Waals surface area (Å²) >= 11 is 3.33. The Bertz CT molecular complexity index is 649. The van der Waals surface area contributed by atoms with E-state index in [0.29, 0.717) is 11.3 Å². The fourth-order valence-corrected chi connectivity index (χ4v) is 2.10. The Morgan fingerprint density at radius 3 is 2.76 bits per heavy atom. The van der Waals surface area contributed by atoms with Crippen LogP contribution in [0.5, 0.6) is 5.75 Å². The second-order valence-electron chi connectivity index (χ2n) is 4.32. The first-order valence-electron chi connectivity index (χ1n) is 6.25. The summed E-state index contributed by atoms with van der Waals surface area (Å²) in [7, 11) is 0. The van der Waals surface area contributed by atoms with Gasteiger partial charge >= 0.3 is 0 Å². The molecule has 0 radical (unpaired) electrons. The van der Waals surface area contributed by atoms with Crippen LogP contribution in [0, 0.1) is 5.82 Å². The quantitative estimate of drug-likeness (QED) is 0.868. The van der Waals surface area contributed by atoms with Crippen LogP contribution in [0.15, 0.2) is 46.9 Å². The molecule has 0 bridgehead atoms. The predicted octanol–water partition coefficient (Wildman–Crippen LogP) is 3.06. The molecule has 4 nitrogen and oxygen atoms in total. The van der Waals surface area contributed by atoms with Crippen molar-refractivity contribution in [3.63, 3.8) is 0 Å². The van der Waals surface area contributed by atoms with Crippen molar-refractivity contribution in [3.8, 4) is 5.75 Å². The number of hydrogen-bond acceptors (Lipinski definition) is 3. The number of para-hydroxylation sites is 1. The number of rotatable bonds is 5. The number of nitrogens with two attached hydrogens (primary N) is 1. The fourth-order valence-electron chi connectivity index (χ4n) is 1.72. The van der Waals surface area contributed by atoms with Gasteiger partial charge < -0.3 is 15.8 Å². The van der Waals surface area contributed by atoms with Gasteiger partial charge in [-0.25, -0.2) is 4.39 Å². The summed E-state index contributed by atoms with van der Waals surface area (Å²) in [6.07, 6.45) is 0. The molecule has 0 saturated carbocycles. The molecule has 0 heterocycles. The van der Waals surface area contributed by atoms with Crippen LogP contribution < -0.4 is 15.8 Å². The number of amides is 1. The molecule has 0 aliphatic heterocycles. The average Bonchev–Trinajstić information content (AvgIpc) is 2.47. The maximum absolute atomic E-state index is 13.3. The molecule has 110 valence electrons. The zero-order valence-corrected chi connectivity index (χ0v) is 12.7.